The molecule has 3 aromatic rings. The highest BCUT2D eigenvalue weighted by Crippen LogP contribution is 2.33. The predicted molar refractivity (Wildman–Crippen MR) is 101 cm³/mol. The fraction of sp³-hybridized carbons (Fsp3) is 0.211. The van der Waals surface area contributed by atoms with Crippen molar-refractivity contribution in [3.63, 3.8) is 0 Å². The summed E-state index contributed by atoms with van der Waals surface area (Å²) < 4.78 is 5.89. The van der Waals surface area contributed by atoms with Crippen LogP contribution in [-0.4, -0.2) is 27.1 Å². The van der Waals surface area contributed by atoms with Crippen molar-refractivity contribution >= 4 is 34.3 Å². The number of halogens is 1. The minimum absolute atomic E-state index is 0.0100. The van der Waals surface area contributed by atoms with E-state index in [1.54, 1.807) is 13.0 Å². The largest absolute Gasteiger partial charge is 0.481 e. The number of para-hydroxylation sites is 2. The minimum atomic E-state index is -0.872. The lowest BCUT2D eigenvalue weighted by Crippen LogP contribution is -2.19. The average molecular weight is 372 g/mol. The lowest BCUT2D eigenvalue weighted by Gasteiger charge is -2.17. The second kappa shape index (κ2) is 7.58. The molecule has 0 aliphatic heterocycles. The molecule has 0 saturated carbocycles. The molecule has 1 atom stereocenters. The number of carbonyl (C=O) groups is 1. The van der Waals surface area contributed by atoms with E-state index >= 15 is 0 Å². The van der Waals surface area contributed by atoms with Crippen LogP contribution in [0.4, 0.5) is 5.69 Å². The second-order valence-electron chi connectivity index (χ2n) is 6.05. The van der Waals surface area contributed by atoms with E-state index in [2.05, 4.69) is 15.3 Å². The fourth-order valence-electron chi connectivity index (χ4n) is 2.56. The quantitative estimate of drug-likeness (QED) is 0.655. The smallest absolute Gasteiger partial charge is 0.305 e. The predicted octanol–water partition coefficient (Wildman–Crippen LogP) is 4.66. The molecule has 0 amide bonds. The Morgan fingerprint density at radius 1 is 1.23 bits per heavy atom. The number of rotatable bonds is 6. The van der Waals surface area contributed by atoms with Crippen LogP contribution in [0.1, 0.15) is 18.9 Å². The normalized spacial score (nSPS) is 12.0. The van der Waals surface area contributed by atoms with Crippen LogP contribution in [-0.2, 0) is 4.79 Å². The molecule has 0 fully saturated rings. The van der Waals surface area contributed by atoms with Crippen molar-refractivity contribution in [1.29, 1.82) is 0 Å². The van der Waals surface area contributed by atoms with E-state index < -0.39 is 5.97 Å². The summed E-state index contributed by atoms with van der Waals surface area (Å²) in [6, 6.07) is 12.7. The number of carboxylic acids is 1. The highest BCUT2D eigenvalue weighted by atomic mass is 35.5. The first kappa shape index (κ1) is 17.9. The zero-order chi connectivity index (χ0) is 18.7. The van der Waals surface area contributed by atoms with Crippen LogP contribution < -0.4 is 10.1 Å². The van der Waals surface area contributed by atoms with Crippen LogP contribution in [0.2, 0.25) is 5.15 Å². The maximum atomic E-state index is 10.9. The van der Waals surface area contributed by atoms with E-state index in [0.29, 0.717) is 22.5 Å². The van der Waals surface area contributed by atoms with E-state index in [9.17, 15) is 4.79 Å². The van der Waals surface area contributed by atoms with Crippen LogP contribution in [0.5, 0.6) is 11.6 Å². The van der Waals surface area contributed by atoms with Gasteiger partial charge < -0.3 is 15.2 Å². The van der Waals surface area contributed by atoms with Gasteiger partial charge in [-0.05, 0) is 43.7 Å². The highest BCUT2D eigenvalue weighted by molar-refractivity contribution is 6.31. The molecule has 1 heterocycles. The maximum Gasteiger partial charge on any atom is 0.305 e. The number of aromatic nitrogens is 2. The van der Waals surface area contributed by atoms with Gasteiger partial charge >= 0.3 is 5.97 Å². The van der Waals surface area contributed by atoms with Gasteiger partial charge in [-0.3, -0.25) is 4.79 Å². The van der Waals surface area contributed by atoms with Crippen LogP contribution >= 0.6 is 11.6 Å². The monoisotopic (exact) mass is 371 g/mol. The SMILES string of the molecule is Cc1ccc(Oc2nc3ccccc3nc2Cl)c(NC(C)CC(=O)O)c1. The average Bonchev–Trinajstić information content (AvgIpc) is 2.57. The lowest BCUT2D eigenvalue weighted by molar-refractivity contribution is -0.137. The number of benzene rings is 2. The molecule has 134 valence electrons. The molecule has 0 bridgehead atoms. The van der Waals surface area contributed by atoms with Crippen LogP contribution in [0.3, 0.4) is 0 Å². The zero-order valence-electron chi connectivity index (χ0n) is 14.4. The van der Waals surface area contributed by atoms with Crippen molar-refractivity contribution in [2.75, 3.05) is 5.32 Å². The van der Waals surface area contributed by atoms with Gasteiger partial charge in [-0.1, -0.05) is 29.8 Å². The van der Waals surface area contributed by atoms with E-state index in [0.717, 1.165) is 5.56 Å². The summed E-state index contributed by atoms with van der Waals surface area (Å²) in [7, 11) is 0. The van der Waals surface area contributed by atoms with Crippen molar-refractivity contribution in [2.24, 2.45) is 0 Å². The van der Waals surface area contributed by atoms with E-state index in [1.807, 2.05) is 43.3 Å². The van der Waals surface area contributed by atoms with Crippen LogP contribution in [0, 0.1) is 6.92 Å². The molecule has 0 aliphatic carbocycles. The zero-order valence-corrected chi connectivity index (χ0v) is 15.1. The molecular formula is C19H18ClN3O3. The summed E-state index contributed by atoms with van der Waals surface area (Å²) in [6.07, 6.45) is -0.0100. The molecule has 6 nitrogen and oxygen atoms in total. The molecule has 2 N–H and O–H groups in total. The first-order valence-corrected chi connectivity index (χ1v) is 8.49. The number of aryl methyl sites for hydroxylation is 1. The Balaban J connectivity index is 1.92. The number of nitrogens with zero attached hydrogens (tertiary/aromatic N) is 2. The summed E-state index contributed by atoms with van der Waals surface area (Å²) in [6.45, 7) is 3.74. The first-order valence-electron chi connectivity index (χ1n) is 8.11. The molecule has 26 heavy (non-hydrogen) atoms. The topological polar surface area (TPSA) is 84.3 Å². The van der Waals surface area contributed by atoms with Crippen LogP contribution in [0.25, 0.3) is 11.0 Å². The van der Waals surface area contributed by atoms with Gasteiger partial charge in [0.2, 0.25) is 0 Å². The minimum Gasteiger partial charge on any atom is -0.481 e. The van der Waals surface area contributed by atoms with E-state index in [-0.39, 0.29) is 23.5 Å². The second-order valence-corrected chi connectivity index (χ2v) is 6.41. The van der Waals surface area contributed by atoms with Gasteiger partial charge in [0, 0.05) is 6.04 Å². The Kier molecular flexibility index (Phi) is 5.23. The van der Waals surface area contributed by atoms with Crippen molar-refractivity contribution < 1.29 is 14.6 Å². The van der Waals surface area contributed by atoms with Gasteiger partial charge in [-0.25, -0.2) is 9.97 Å². The van der Waals surface area contributed by atoms with E-state index in [4.69, 9.17) is 21.4 Å². The molecule has 0 aliphatic rings. The number of carboxylic acid groups (broad SMARTS) is 1. The maximum absolute atomic E-state index is 10.9. The Morgan fingerprint density at radius 2 is 1.92 bits per heavy atom. The summed E-state index contributed by atoms with van der Waals surface area (Å²) >= 11 is 6.21. The summed E-state index contributed by atoms with van der Waals surface area (Å²) in [5.41, 5.74) is 3.04. The Labute approximate surface area is 155 Å². The highest BCUT2D eigenvalue weighted by Gasteiger charge is 2.14. The van der Waals surface area contributed by atoms with Gasteiger partial charge in [0.1, 0.15) is 0 Å². The summed E-state index contributed by atoms with van der Waals surface area (Å²) in [4.78, 5) is 19.6. The third kappa shape index (κ3) is 4.21. The van der Waals surface area contributed by atoms with Gasteiger partial charge in [0.15, 0.2) is 10.9 Å². The van der Waals surface area contributed by atoms with Crippen molar-refractivity contribution in [2.45, 2.75) is 26.3 Å². The Bertz CT molecular complexity index is 962. The Hall–Kier alpha value is -2.86. The summed E-state index contributed by atoms with van der Waals surface area (Å²) in [5, 5.41) is 12.3. The number of anilines is 1. The Morgan fingerprint density at radius 3 is 2.62 bits per heavy atom. The molecular weight excluding hydrogens is 354 g/mol. The molecule has 1 aromatic heterocycles. The third-order valence-electron chi connectivity index (χ3n) is 3.72. The third-order valence-corrected chi connectivity index (χ3v) is 3.97. The summed E-state index contributed by atoms with van der Waals surface area (Å²) in [5.74, 6) is -0.175. The van der Waals surface area contributed by atoms with Gasteiger partial charge in [0.25, 0.3) is 5.88 Å². The number of fused-ring (bicyclic) bond motifs is 1. The first-order chi connectivity index (χ1) is 12.4. The standard InChI is InChI=1S/C19H18ClN3O3/c1-11-7-8-16(15(9-11)21-12(2)10-17(24)25)26-19-18(20)22-13-5-3-4-6-14(13)23-19/h3-9,12,21H,10H2,1-2H3,(H,24,25). The van der Waals surface area contributed by atoms with Crippen molar-refractivity contribution in [3.8, 4) is 11.6 Å². The number of ether oxygens (including phenoxy) is 1. The molecule has 3 rings (SSSR count). The number of aliphatic carboxylic acids is 1. The van der Waals surface area contributed by atoms with Crippen molar-refractivity contribution in [1.82, 2.24) is 9.97 Å². The fourth-order valence-corrected chi connectivity index (χ4v) is 2.73. The number of hydrogen-bond donors (Lipinski definition) is 2. The van der Waals surface area contributed by atoms with Crippen molar-refractivity contribution in [3.05, 3.63) is 53.2 Å². The van der Waals surface area contributed by atoms with Crippen LogP contribution in [0.15, 0.2) is 42.5 Å². The molecule has 2 aromatic carbocycles. The molecule has 0 saturated heterocycles. The van der Waals surface area contributed by atoms with Gasteiger partial charge in [-0.15, -0.1) is 0 Å². The number of nitrogens with one attached hydrogen (secondary N) is 1. The van der Waals surface area contributed by atoms with E-state index in [1.165, 1.54) is 0 Å². The molecule has 1 unspecified atom stereocenters. The number of hydrogen-bond acceptors (Lipinski definition) is 5. The molecule has 0 radical (unpaired) electrons. The lowest BCUT2D eigenvalue weighted by atomic mass is 10.1. The molecule has 0 spiro atoms. The van der Waals surface area contributed by atoms with Gasteiger partial charge in [-0.2, -0.15) is 0 Å². The molecule has 7 heteroatoms. The van der Waals surface area contributed by atoms with Gasteiger partial charge in [0.05, 0.1) is 23.1 Å².